The van der Waals surface area contributed by atoms with Crippen LogP contribution in [0.1, 0.15) is 29.6 Å². The first-order chi connectivity index (χ1) is 9.63. The molecule has 1 aromatic rings. The van der Waals surface area contributed by atoms with E-state index in [-0.39, 0.29) is 37.2 Å². The monoisotopic (exact) mass is 276 g/mol. The first kappa shape index (κ1) is 14.2. The molecule has 0 aromatic heterocycles. The van der Waals surface area contributed by atoms with Gasteiger partial charge >= 0.3 is 0 Å². The fourth-order valence-electron chi connectivity index (χ4n) is 2.03. The van der Waals surface area contributed by atoms with Crippen LogP contribution in [0.3, 0.4) is 0 Å². The van der Waals surface area contributed by atoms with Crippen molar-refractivity contribution >= 4 is 23.4 Å². The number of aliphatic hydroxyl groups is 1. The highest BCUT2D eigenvalue weighted by Gasteiger charge is 2.30. The summed E-state index contributed by atoms with van der Waals surface area (Å²) in [6, 6.07) is 6.40. The summed E-state index contributed by atoms with van der Waals surface area (Å²) in [5, 5.41) is 11.3. The number of nitrogens with zero attached hydrogens (tertiary/aromatic N) is 1. The smallest absolute Gasteiger partial charge is 0.251 e. The number of imide groups is 1. The van der Waals surface area contributed by atoms with Gasteiger partial charge in [-0.05, 0) is 24.6 Å². The molecule has 1 aliphatic heterocycles. The topological polar surface area (TPSA) is 86.7 Å². The summed E-state index contributed by atoms with van der Waals surface area (Å²) >= 11 is 0. The van der Waals surface area contributed by atoms with Crippen molar-refractivity contribution in [2.24, 2.45) is 0 Å². The molecular weight excluding hydrogens is 260 g/mol. The number of carbonyl (C=O) groups is 3. The number of benzene rings is 1. The van der Waals surface area contributed by atoms with Gasteiger partial charge in [-0.3, -0.25) is 19.3 Å². The number of hydrogen-bond donors (Lipinski definition) is 2. The summed E-state index contributed by atoms with van der Waals surface area (Å²) in [5.41, 5.74) is 0.806. The van der Waals surface area contributed by atoms with Gasteiger partial charge in [0.25, 0.3) is 5.91 Å². The minimum Gasteiger partial charge on any atom is -0.396 e. The number of carbonyl (C=O) groups excluding carboxylic acids is 3. The number of anilines is 1. The van der Waals surface area contributed by atoms with Crippen molar-refractivity contribution in [2.75, 3.05) is 18.1 Å². The lowest BCUT2D eigenvalue weighted by atomic mass is 10.1. The van der Waals surface area contributed by atoms with Crippen LogP contribution in [-0.4, -0.2) is 36.0 Å². The van der Waals surface area contributed by atoms with Crippen molar-refractivity contribution in [3.63, 3.8) is 0 Å². The zero-order valence-corrected chi connectivity index (χ0v) is 11.0. The van der Waals surface area contributed by atoms with Gasteiger partial charge in [0.1, 0.15) is 0 Å². The molecule has 0 radical (unpaired) electrons. The predicted molar refractivity (Wildman–Crippen MR) is 72.2 cm³/mol. The fourth-order valence-corrected chi connectivity index (χ4v) is 2.03. The van der Waals surface area contributed by atoms with E-state index >= 15 is 0 Å². The molecule has 6 nitrogen and oxygen atoms in total. The van der Waals surface area contributed by atoms with Gasteiger partial charge < -0.3 is 10.4 Å². The summed E-state index contributed by atoms with van der Waals surface area (Å²) in [5.74, 6) is -0.778. The summed E-state index contributed by atoms with van der Waals surface area (Å²) < 4.78 is 0. The molecular formula is C14H16N2O4. The molecule has 0 aliphatic carbocycles. The van der Waals surface area contributed by atoms with Gasteiger partial charge in [0.05, 0.1) is 5.69 Å². The molecule has 6 heteroatoms. The zero-order chi connectivity index (χ0) is 14.5. The van der Waals surface area contributed by atoms with Crippen molar-refractivity contribution in [1.29, 1.82) is 0 Å². The van der Waals surface area contributed by atoms with E-state index in [1.54, 1.807) is 18.2 Å². The molecule has 0 saturated carbocycles. The largest absolute Gasteiger partial charge is 0.396 e. The van der Waals surface area contributed by atoms with Crippen molar-refractivity contribution in [3.8, 4) is 0 Å². The molecule has 0 unspecified atom stereocenters. The van der Waals surface area contributed by atoms with Crippen LogP contribution in [0.15, 0.2) is 24.3 Å². The van der Waals surface area contributed by atoms with Crippen LogP contribution in [0, 0.1) is 0 Å². The van der Waals surface area contributed by atoms with E-state index in [1.165, 1.54) is 6.07 Å². The molecule has 2 rings (SSSR count). The molecule has 0 bridgehead atoms. The maximum Gasteiger partial charge on any atom is 0.251 e. The minimum absolute atomic E-state index is 0.0110. The molecule has 0 atom stereocenters. The Balaban J connectivity index is 2.13. The Morgan fingerprint density at radius 2 is 1.95 bits per heavy atom. The van der Waals surface area contributed by atoms with Crippen LogP contribution in [-0.2, 0) is 9.59 Å². The van der Waals surface area contributed by atoms with Gasteiger partial charge in [-0.25, -0.2) is 0 Å². The molecule has 20 heavy (non-hydrogen) atoms. The van der Waals surface area contributed by atoms with E-state index in [9.17, 15) is 14.4 Å². The van der Waals surface area contributed by atoms with E-state index in [1.807, 2.05) is 0 Å². The molecule has 1 heterocycles. The second-order valence-corrected chi connectivity index (χ2v) is 4.51. The lowest BCUT2D eigenvalue weighted by molar-refractivity contribution is -0.121. The van der Waals surface area contributed by atoms with Crippen LogP contribution in [0.4, 0.5) is 5.69 Å². The van der Waals surface area contributed by atoms with Crippen molar-refractivity contribution in [2.45, 2.75) is 19.3 Å². The Morgan fingerprint density at radius 3 is 2.60 bits per heavy atom. The molecule has 3 amide bonds. The average molecular weight is 276 g/mol. The third-order valence-electron chi connectivity index (χ3n) is 3.04. The SMILES string of the molecule is O=C(NCCCO)c1cccc(N2C(=O)CCC2=O)c1. The molecule has 2 N–H and O–H groups in total. The van der Waals surface area contributed by atoms with Crippen molar-refractivity contribution in [1.82, 2.24) is 5.32 Å². The molecule has 1 fully saturated rings. The maximum absolute atomic E-state index is 11.9. The molecule has 106 valence electrons. The van der Waals surface area contributed by atoms with E-state index in [2.05, 4.69) is 5.32 Å². The van der Waals surface area contributed by atoms with E-state index in [4.69, 9.17) is 5.11 Å². The summed E-state index contributed by atoms with van der Waals surface area (Å²) in [6.07, 6.45) is 0.909. The number of amides is 3. The van der Waals surface area contributed by atoms with Crippen LogP contribution >= 0.6 is 0 Å². The predicted octanol–water partition coefficient (Wildman–Crippen LogP) is 0.452. The Hall–Kier alpha value is -2.21. The normalized spacial score (nSPS) is 14.8. The van der Waals surface area contributed by atoms with E-state index in [0.717, 1.165) is 4.90 Å². The second kappa shape index (κ2) is 6.29. The highest BCUT2D eigenvalue weighted by Crippen LogP contribution is 2.23. The fraction of sp³-hybridized carbons (Fsp3) is 0.357. The zero-order valence-electron chi connectivity index (χ0n) is 11.0. The van der Waals surface area contributed by atoms with Gasteiger partial charge in [-0.15, -0.1) is 0 Å². The first-order valence-electron chi connectivity index (χ1n) is 6.48. The Kier molecular flexibility index (Phi) is 4.47. The highest BCUT2D eigenvalue weighted by molar-refractivity contribution is 6.20. The summed E-state index contributed by atoms with van der Waals surface area (Å²) in [6.45, 7) is 0.387. The van der Waals surface area contributed by atoms with Gasteiger partial charge in [0.15, 0.2) is 0 Å². The van der Waals surface area contributed by atoms with E-state index < -0.39 is 0 Å². The molecule has 1 saturated heterocycles. The summed E-state index contributed by atoms with van der Waals surface area (Å²) in [7, 11) is 0. The Labute approximate surface area is 116 Å². The lowest BCUT2D eigenvalue weighted by Gasteiger charge is -2.14. The number of rotatable bonds is 5. The maximum atomic E-state index is 11.9. The standard InChI is InChI=1S/C14H16N2O4/c17-8-2-7-15-14(20)10-3-1-4-11(9-10)16-12(18)5-6-13(16)19/h1,3-4,9,17H,2,5-8H2,(H,15,20). The lowest BCUT2D eigenvalue weighted by Crippen LogP contribution is -2.29. The van der Waals surface area contributed by atoms with Crippen LogP contribution in [0.2, 0.25) is 0 Å². The van der Waals surface area contributed by atoms with Crippen LogP contribution < -0.4 is 10.2 Å². The second-order valence-electron chi connectivity index (χ2n) is 4.51. The number of aliphatic hydroxyl groups excluding tert-OH is 1. The molecule has 0 spiro atoms. The quantitative estimate of drug-likeness (QED) is 0.604. The van der Waals surface area contributed by atoms with E-state index in [0.29, 0.717) is 24.2 Å². The van der Waals surface area contributed by atoms with Crippen molar-refractivity contribution < 1.29 is 19.5 Å². The Bertz CT molecular complexity index is 526. The van der Waals surface area contributed by atoms with Crippen LogP contribution in [0.25, 0.3) is 0 Å². The molecule has 1 aliphatic rings. The summed E-state index contributed by atoms with van der Waals surface area (Å²) in [4.78, 5) is 36.3. The van der Waals surface area contributed by atoms with Gasteiger partial charge in [0.2, 0.25) is 11.8 Å². The third kappa shape index (κ3) is 3.03. The van der Waals surface area contributed by atoms with Gasteiger partial charge in [-0.2, -0.15) is 0 Å². The Morgan fingerprint density at radius 1 is 1.25 bits per heavy atom. The molecule has 1 aromatic carbocycles. The average Bonchev–Trinajstić information content (AvgIpc) is 2.78. The highest BCUT2D eigenvalue weighted by atomic mass is 16.3. The first-order valence-corrected chi connectivity index (χ1v) is 6.48. The van der Waals surface area contributed by atoms with Gasteiger partial charge in [0, 0.05) is 31.6 Å². The van der Waals surface area contributed by atoms with Crippen molar-refractivity contribution in [3.05, 3.63) is 29.8 Å². The van der Waals surface area contributed by atoms with Gasteiger partial charge in [-0.1, -0.05) is 6.07 Å². The minimum atomic E-state index is -0.292. The number of hydrogen-bond acceptors (Lipinski definition) is 4. The third-order valence-corrected chi connectivity index (χ3v) is 3.04. The number of nitrogens with one attached hydrogen (secondary N) is 1. The van der Waals surface area contributed by atoms with Crippen LogP contribution in [0.5, 0.6) is 0 Å².